The molecule has 1 aromatic rings. The molecule has 126 valence electrons. The van der Waals surface area contributed by atoms with Crippen LogP contribution in [0.2, 0.25) is 0 Å². The van der Waals surface area contributed by atoms with Crippen molar-refractivity contribution in [2.24, 2.45) is 22.7 Å². The Labute approximate surface area is 138 Å². The van der Waals surface area contributed by atoms with E-state index in [1.165, 1.54) is 37.0 Å². The maximum Gasteiger partial charge on any atom is 0.107 e. The zero-order chi connectivity index (χ0) is 15.9. The van der Waals surface area contributed by atoms with Gasteiger partial charge in [-0.05, 0) is 85.2 Å². The predicted octanol–water partition coefficient (Wildman–Crippen LogP) is 3.64. The Morgan fingerprint density at radius 3 is 2.96 bits per heavy atom. The second-order valence-electron chi connectivity index (χ2n) is 9.23. The van der Waals surface area contributed by atoms with E-state index in [0.29, 0.717) is 23.2 Å². The first-order valence-corrected chi connectivity index (χ1v) is 9.40. The largest absolute Gasteiger partial charge is 0.469 e. The highest BCUT2D eigenvalue weighted by atomic mass is 16.3. The molecule has 4 aliphatic rings. The Morgan fingerprint density at radius 2 is 2.13 bits per heavy atom. The van der Waals surface area contributed by atoms with Crippen LogP contribution in [0.1, 0.15) is 69.1 Å². The number of aliphatic hydroxyl groups is 2. The fourth-order valence-corrected chi connectivity index (χ4v) is 7.51. The summed E-state index contributed by atoms with van der Waals surface area (Å²) in [6, 6.07) is 2.21. The third kappa shape index (κ3) is 1.68. The van der Waals surface area contributed by atoms with Crippen LogP contribution in [0.3, 0.4) is 0 Å². The van der Waals surface area contributed by atoms with Crippen LogP contribution in [0.4, 0.5) is 0 Å². The molecule has 0 unspecified atom stereocenters. The van der Waals surface area contributed by atoms with Crippen molar-refractivity contribution in [3.63, 3.8) is 0 Å². The summed E-state index contributed by atoms with van der Waals surface area (Å²) in [5, 5.41) is 20.7. The van der Waals surface area contributed by atoms with E-state index < -0.39 is 5.60 Å². The number of furan rings is 1. The summed E-state index contributed by atoms with van der Waals surface area (Å²) >= 11 is 0. The summed E-state index contributed by atoms with van der Waals surface area (Å²) in [7, 11) is 0. The predicted molar refractivity (Wildman–Crippen MR) is 87.0 cm³/mol. The average molecular weight is 316 g/mol. The average Bonchev–Trinajstić information content (AvgIpc) is 3.09. The second-order valence-corrected chi connectivity index (χ2v) is 9.23. The highest BCUT2D eigenvalue weighted by Crippen LogP contribution is 2.71. The minimum atomic E-state index is -0.812. The molecule has 3 saturated carbocycles. The van der Waals surface area contributed by atoms with E-state index in [2.05, 4.69) is 13.0 Å². The van der Waals surface area contributed by atoms with E-state index in [9.17, 15) is 10.2 Å². The molecule has 0 aliphatic heterocycles. The standard InChI is InChI=1S/C20H28O3/c1-18-7-5-16-14(6-9-23-16)15(18)4-8-19-10-13(2-3-17(18)19)20(22,11-19)12-21/h6,9,13,15,17,21-22H,2-5,7-8,10-12H2,1H3/t13-,15+,17+,18+,19+,20-/m1/s1. The Hall–Kier alpha value is -0.800. The number of hydrogen-bond donors (Lipinski definition) is 2. The lowest BCUT2D eigenvalue weighted by molar-refractivity contribution is -0.0727. The molecule has 5 rings (SSSR count). The molecular weight excluding hydrogens is 288 g/mol. The Morgan fingerprint density at radius 1 is 1.26 bits per heavy atom. The Balaban J connectivity index is 1.56. The number of rotatable bonds is 1. The summed E-state index contributed by atoms with van der Waals surface area (Å²) in [5.41, 5.74) is 1.26. The third-order valence-electron chi connectivity index (χ3n) is 8.46. The highest BCUT2D eigenvalue weighted by molar-refractivity contribution is 5.31. The van der Waals surface area contributed by atoms with E-state index in [-0.39, 0.29) is 12.0 Å². The van der Waals surface area contributed by atoms with Crippen LogP contribution in [-0.2, 0) is 6.42 Å². The first-order chi connectivity index (χ1) is 11.0. The molecule has 1 aromatic heterocycles. The molecule has 4 aliphatic carbocycles. The van der Waals surface area contributed by atoms with Gasteiger partial charge in [0.1, 0.15) is 5.76 Å². The lowest BCUT2D eigenvalue weighted by atomic mass is 9.45. The molecule has 0 aromatic carbocycles. The van der Waals surface area contributed by atoms with Crippen molar-refractivity contribution in [1.82, 2.24) is 0 Å². The smallest absolute Gasteiger partial charge is 0.107 e. The molecule has 3 nitrogen and oxygen atoms in total. The van der Waals surface area contributed by atoms with E-state index in [1.807, 2.05) is 6.26 Å². The summed E-state index contributed by atoms with van der Waals surface area (Å²) in [5.74, 6) is 2.85. The summed E-state index contributed by atoms with van der Waals surface area (Å²) in [4.78, 5) is 0. The van der Waals surface area contributed by atoms with Gasteiger partial charge in [-0.3, -0.25) is 0 Å². The Kier molecular flexibility index (Phi) is 2.80. The van der Waals surface area contributed by atoms with E-state index in [1.54, 1.807) is 0 Å². The molecule has 1 spiro atoms. The third-order valence-corrected chi connectivity index (χ3v) is 8.46. The van der Waals surface area contributed by atoms with Crippen molar-refractivity contribution in [3.05, 3.63) is 23.7 Å². The number of fused-ring (bicyclic) bond motifs is 5. The molecule has 0 radical (unpaired) electrons. The number of hydrogen-bond acceptors (Lipinski definition) is 3. The topological polar surface area (TPSA) is 53.6 Å². The fourth-order valence-electron chi connectivity index (χ4n) is 7.51. The van der Waals surface area contributed by atoms with Crippen molar-refractivity contribution < 1.29 is 14.6 Å². The molecule has 3 heteroatoms. The van der Waals surface area contributed by atoms with Crippen LogP contribution in [-0.4, -0.2) is 22.4 Å². The zero-order valence-electron chi connectivity index (χ0n) is 14.1. The lowest BCUT2D eigenvalue weighted by Crippen LogP contribution is -2.51. The second kappa shape index (κ2) is 4.43. The van der Waals surface area contributed by atoms with Crippen molar-refractivity contribution in [2.75, 3.05) is 6.61 Å². The Bertz CT molecular complexity index is 637. The molecule has 3 fully saturated rings. The molecule has 1 heterocycles. The van der Waals surface area contributed by atoms with Crippen LogP contribution in [0.15, 0.2) is 16.7 Å². The lowest BCUT2D eigenvalue weighted by Gasteiger charge is -2.59. The first-order valence-electron chi connectivity index (χ1n) is 9.40. The van der Waals surface area contributed by atoms with Crippen molar-refractivity contribution in [3.8, 4) is 0 Å². The number of aliphatic hydroxyl groups excluding tert-OH is 1. The minimum Gasteiger partial charge on any atom is -0.469 e. The molecule has 6 atom stereocenters. The highest BCUT2D eigenvalue weighted by Gasteiger charge is 2.65. The first kappa shape index (κ1) is 14.5. The van der Waals surface area contributed by atoms with Crippen molar-refractivity contribution in [2.45, 2.75) is 69.8 Å². The van der Waals surface area contributed by atoms with Gasteiger partial charge in [-0.1, -0.05) is 6.92 Å². The van der Waals surface area contributed by atoms with E-state index in [4.69, 9.17) is 4.42 Å². The van der Waals surface area contributed by atoms with Gasteiger partial charge in [0.2, 0.25) is 0 Å². The zero-order valence-corrected chi connectivity index (χ0v) is 14.1. The molecule has 0 saturated heterocycles. The van der Waals surface area contributed by atoms with Crippen LogP contribution in [0, 0.1) is 22.7 Å². The van der Waals surface area contributed by atoms with Crippen LogP contribution in [0.25, 0.3) is 0 Å². The van der Waals surface area contributed by atoms with Gasteiger partial charge in [0, 0.05) is 6.42 Å². The monoisotopic (exact) mass is 316 g/mol. The van der Waals surface area contributed by atoms with Crippen molar-refractivity contribution >= 4 is 0 Å². The van der Waals surface area contributed by atoms with Gasteiger partial charge in [0.25, 0.3) is 0 Å². The van der Waals surface area contributed by atoms with E-state index >= 15 is 0 Å². The van der Waals surface area contributed by atoms with Crippen LogP contribution in [0.5, 0.6) is 0 Å². The minimum absolute atomic E-state index is 0.0574. The molecule has 2 N–H and O–H groups in total. The van der Waals surface area contributed by atoms with Gasteiger partial charge in [-0.2, -0.15) is 0 Å². The summed E-state index contributed by atoms with van der Waals surface area (Å²) < 4.78 is 5.72. The van der Waals surface area contributed by atoms with Crippen LogP contribution >= 0.6 is 0 Å². The van der Waals surface area contributed by atoms with Gasteiger partial charge in [-0.25, -0.2) is 0 Å². The molecular formula is C20H28O3. The SMILES string of the molecule is C[C@]12CCc3occc3[C@@H]1CC[C@@]13C[C@@H](CC[C@H]12)[C@](O)(CO)C3. The maximum absolute atomic E-state index is 10.9. The van der Waals surface area contributed by atoms with Crippen molar-refractivity contribution in [1.29, 1.82) is 0 Å². The summed E-state index contributed by atoms with van der Waals surface area (Å²) in [6.45, 7) is 2.45. The quantitative estimate of drug-likeness (QED) is 0.831. The van der Waals surface area contributed by atoms with Gasteiger partial charge in [0.05, 0.1) is 18.5 Å². The van der Waals surface area contributed by atoms with Gasteiger partial charge < -0.3 is 14.6 Å². The maximum atomic E-state index is 10.9. The number of aryl methyl sites for hydroxylation is 1. The molecule has 2 bridgehead atoms. The van der Waals surface area contributed by atoms with Crippen LogP contribution < -0.4 is 0 Å². The normalized spacial score (nSPS) is 51.0. The molecule has 23 heavy (non-hydrogen) atoms. The van der Waals surface area contributed by atoms with Gasteiger partial charge in [-0.15, -0.1) is 0 Å². The fraction of sp³-hybridized carbons (Fsp3) is 0.800. The van der Waals surface area contributed by atoms with Gasteiger partial charge in [0.15, 0.2) is 0 Å². The molecule has 0 amide bonds. The van der Waals surface area contributed by atoms with E-state index in [0.717, 1.165) is 25.7 Å². The van der Waals surface area contributed by atoms with Gasteiger partial charge >= 0.3 is 0 Å². The summed E-state index contributed by atoms with van der Waals surface area (Å²) in [6.07, 6.45) is 10.9.